The summed E-state index contributed by atoms with van der Waals surface area (Å²) < 4.78 is 0. The van der Waals surface area contributed by atoms with Gasteiger partial charge in [-0.25, -0.2) is 0 Å². The summed E-state index contributed by atoms with van der Waals surface area (Å²) in [7, 11) is 1.89. The van der Waals surface area contributed by atoms with Crippen LogP contribution in [0.25, 0.3) is 10.8 Å². The summed E-state index contributed by atoms with van der Waals surface area (Å²) in [4.78, 5) is 0. The number of nitrogens with one attached hydrogen (secondary N) is 1. The van der Waals surface area contributed by atoms with Gasteiger partial charge in [-0.15, -0.1) is 0 Å². The minimum atomic E-state index is -1.25. The Hall–Kier alpha value is -3.10. The van der Waals surface area contributed by atoms with Crippen molar-refractivity contribution >= 4 is 16.5 Å². The van der Waals surface area contributed by atoms with Crippen LogP contribution in [-0.4, -0.2) is 12.2 Å². The van der Waals surface area contributed by atoms with E-state index in [4.69, 9.17) is 0 Å². The fourth-order valence-corrected chi connectivity index (χ4v) is 3.58. The molecule has 0 heterocycles. The SMILES string of the molecule is CNc1cc2ccccc2cc1C(O)(c1ccccc1)c1ccccc1. The molecule has 0 radical (unpaired) electrons. The largest absolute Gasteiger partial charge is 0.388 e. The minimum Gasteiger partial charge on any atom is -0.388 e. The van der Waals surface area contributed by atoms with Crippen LogP contribution in [0.15, 0.2) is 97.1 Å². The second-order valence-corrected chi connectivity index (χ2v) is 6.44. The third-order valence-electron chi connectivity index (χ3n) is 4.93. The second-order valence-electron chi connectivity index (χ2n) is 6.44. The molecule has 0 atom stereocenters. The van der Waals surface area contributed by atoms with Gasteiger partial charge in [0.2, 0.25) is 0 Å². The molecule has 2 N–H and O–H groups in total. The first-order valence-electron chi connectivity index (χ1n) is 8.78. The maximum absolute atomic E-state index is 12.1. The third kappa shape index (κ3) is 2.65. The topological polar surface area (TPSA) is 32.3 Å². The normalized spacial score (nSPS) is 11.5. The van der Waals surface area contributed by atoms with Crippen LogP contribution in [0, 0.1) is 0 Å². The predicted molar refractivity (Wildman–Crippen MR) is 108 cm³/mol. The highest BCUT2D eigenvalue weighted by Crippen LogP contribution is 2.41. The minimum absolute atomic E-state index is 0.844. The Balaban J connectivity index is 2.06. The van der Waals surface area contributed by atoms with Crippen molar-refractivity contribution in [1.82, 2.24) is 0 Å². The molecular weight excluding hydrogens is 318 g/mol. The van der Waals surface area contributed by atoms with E-state index in [0.29, 0.717) is 0 Å². The van der Waals surface area contributed by atoms with Crippen LogP contribution in [0.3, 0.4) is 0 Å². The highest BCUT2D eigenvalue weighted by Gasteiger charge is 2.35. The zero-order chi connectivity index (χ0) is 18.0. The summed E-state index contributed by atoms with van der Waals surface area (Å²) in [5.41, 5.74) is 2.20. The molecule has 0 saturated carbocycles. The van der Waals surface area contributed by atoms with Crippen LogP contribution in [0.4, 0.5) is 5.69 Å². The van der Waals surface area contributed by atoms with E-state index in [1.54, 1.807) is 0 Å². The molecule has 4 rings (SSSR count). The first-order chi connectivity index (χ1) is 12.7. The van der Waals surface area contributed by atoms with E-state index in [9.17, 15) is 5.11 Å². The molecule has 2 nitrogen and oxygen atoms in total. The van der Waals surface area contributed by atoms with Crippen LogP contribution >= 0.6 is 0 Å². The Morgan fingerprint density at radius 1 is 0.654 bits per heavy atom. The second kappa shape index (κ2) is 6.66. The zero-order valence-electron chi connectivity index (χ0n) is 14.7. The van der Waals surface area contributed by atoms with Crippen molar-refractivity contribution in [2.75, 3.05) is 12.4 Å². The van der Waals surface area contributed by atoms with Crippen molar-refractivity contribution in [3.8, 4) is 0 Å². The average Bonchev–Trinajstić information content (AvgIpc) is 2.73. The Bertz CT molecular complexity index is 986. The molecule has 0 aliphatic carbocycles. The molecule has 2 heteroatoms. The Morgan fingerprint density at radius 3 is 1.62 bits per heavy atom. The lowest BCUT2D eigenvalue weighted by Crippen LogP contribution is -2.29. The first kappa shape index (κ1) is 16.4. The van der Waals surface area contributed by atoms with E-state index in [-0.39, 0.29) is 0 Å². The van der Waals surface area contributed by atoms with Gasteiger partial charge in [0.05, 0.1) is 0 Å². The van der Waals surface area contributed by atoms with Gasteiger partial charge in [0.25, 0.3) is 0 Å². The molecule has 26 heavy (non-hydrogen) atoms. The summed E-state index contributed by atoms with van der Waals surface area (Å²) >= 11 is 0. The smallest absolute Gasteiger partial charge is 0.142 e. The molecule has 4 aromatic rings. The third-order valence-corrected chi connectivity index (χ3v) is 4.93. The van der Waals surface area contributed by atoms with Gasteiger partial charge in [0, 0.05) is 18.3 Å². The highest BCUT2D eigenvalue weighted by atomic mass is 16.3. The lowest BCUT2D eigenvalue weighted by molar-refractivity contribution is 0.126. The lowest BCUT2D eigenvalue weighted by atomic mass is 9.79. The van der Waals surface area contributed by atoms with Crippen molar-refractivity contribution in [3.05, 3.63) is 114 Å². The molecule has 0 bridgehead atoms. The van der Waals surface area contributed by atoms with Gasteiger partial charge in [-0.3, -0.25) is 0 Å². The summed E-state index contributed by atoms with van der Waals surface area (Å²) in [5.74, 6) is 0. The maximum Gasteiger partial charge on any atom is 0.142 e. The van der Waals surface area contributed by atoms with Crippen LogP contribution < -0.4 is 5.32 Å². The van der Waals surface area contributed by atoms with E-state index in [1.807, 2.05) is 79.8 Å². The molecule has 0 unspecified atom stereocenters. The average molecular weight is 339 g/mol. The Morgan fingerprint density at radius 2 is 1.12 bits per heavy atom. The van der Waals surface area contributed by atoms with Crippen molar-refractivity contribution < 1.29 is 5.11 Å². The van der Waals surface area contributed by atoms with E-state index in [1.165, 1.54) is 0 Å². The van der Waals surface area contributed by atoms with Gasteiger partial charge in [0.15, 0.2) is 0 Å². The van der Waals surface area contributed by atoms with Crippen molar-refractivity contribution in [2.45, 2.75) is 5.60 Å². The monoisotopic (exact) mass is 339 g/mol. The molecule has 0 fully saturated rings. The molecule has 0 aliphatic rings. The number of benzene rings is 4. The molecule has 0 aliphatic heterocycles. The number of fused-ring (bicyclic) bond motifs is 1. The predicted octanol–water partition coefficient (Wildman–Crippen LogP) is 5.17. The number of anilines is 1. The number of aliphatic hydroxyl groups is 1. The van der Waals surface area contributed by atoms with Gasteiger partial charge in [-0.05, 0) is 34.0 Å². The van der Waals surface area contributed by atoms with E-state index in [0.717, 1.165) is 33.2 Å². The number of rotatable bonds is 4. The van der Waals surface area contributed by atoms with Gasteiger partial charge >= 0.3 is 0 Å². The quantitative estimate of drug-likeness (QED) is 0.503. The first-order valence-corrected chi connectivity index (χ1v) is 8.78. The van der Waals surface area contributed by atoms with Crippen molar-refractivity contribution in [3.63, 3.8) is 0 Å². The summed E-state index contributed by atoms with van der Waals surface area (Å²) in [6.07, 6.45) is 0. The molecule has 0 aromatic heterocycles. The Kier molecular flexibility index (Phi) is 4.19. The van der Waals surface area contributed by atoms with Gasteiger partial charge in [-0.2, -0.15) is 0 Å². The van der Waals surface area contributed by atoms with Gasteiger partial charge in [0.1, 0.15) is 5.60 Å². The lowest BCUT2D eigenvalue weighted by Gasteiger charge is -2.32. The standard InChI is InChI=1S/C24H21NO/c1-25-23-17-19-11-9-8-10-18(19)16-22(23)24(26,20-12-4-2-5-13-20)21-14-6-3-7-15-21/h2-17,25-26H,1H3. The zero-order valence-corrected chi connectivity index (χ0v) is 14.7. The molecule has 0 spiro atoms. The van der Waals surface area contributed by atoms with Crippen LogP contribution in [0.1, 0.15) is 16.7 Å². The Labute approximate surface area is 153 Å². The van der Waals surface area contributed by atoms with Gasteiger partial charge in [-0.1, -0.05) is 84.9 Å². The fourth-order valence-electron chi connectivity index (χ4n) is 3.58. The van der Waals surface area contributed by atoms with Crippen molar-refractivity contribution in [2.24, 2.45) is 0 Å². The maximum atomic E-state index is 12.1. The van der Waals surface area contributed by atoms with E-state index in [2.05, 4.69) is 29.6 Å². The van der Waals surface area contributed by atoms with Crippen LogP contribution in [0.5, 0.6) is 0 Å². The highest BCUT2D eigenvalue weighted by molar-refractivity contribution is 5.88. The molecular formula is C24H21NO. The van der Waals surface area contributed by atoms with E-state index < -0.39 is 5.60 Å². The number of hydrogen-bond acceptors (Lipinski definition) is 2. The molecule has 4 aromatic carbocycles. The van der Waals surface area contributed by atoms with Crippen LogP contribution in [0.2, 0.25) is 0 Å². The van der Waals surface area contributed by atoms with E-state index >= 15 is 0 Å². The number of hydrogen-bond donors (Lipinski definition) is 2. The van der Waals surface area contributed by atoms with Crippen molar-refractivity contribution in [1.29, 1.82) is 0 Å². The van der Waals surface area contributed by atoms with Gasteiger partial charge < -0.3 is 10.4 Å². The molecule has 0 saturated heterocycles. The summed E-state index contributed by atoms with van der Waals surface area (Å²) in [6, 6.07) is 32.1. The van der Waals surface area contributed by atoms with Crippen LogP contribution in [-0.2, 0) is 5.60 Å². The molecule has 128 valence electrons. The summed E-state index contributed by atoms with van der Waals surface area (Å²) in [6.45, 7) is 0. The summed E-state index contributed by atoms with van der Waals surface area (Å²) in [5, 5.41) is 17.6. The fraction of sp³-hybridized carbons (Fsp3) is 0.0833. The molecule has 0 amide bonds.